The van der Waals surface area contributed by atoms with Crippen molar-refractivity contribution in [2.75, 3.05) is 18.6 Å². The van der Waals surface area contributed by atoms with Crippen LogP contribution in [0.5, 0.6) is 0 Å². The number of hydrogen-bond donors (Lipinski definition) is 1. The van der Waals surface area contributed by atoms with Gasteiger partial charge >= 0.3 is 0 Å². The van der Waals surface area contributed by atoms with Crippen LogP contribution in [0.2, 0.25) is 0 Å². The van der Waals surface area contributed by atoms with Gasteiger partial charge in [-0.25, -0.2) is 8.42 Å². The molecule has 1 fully saturated rings. The highest BCUT2D eigenvalue weighted by molar-refractivity contribution is 7.90. The Morgan fingerprint density at radius 1 is 1.44 bits per heavy atom. The van der Waals surface area contributed by atoms with Gasteiger partial charge in [-0.2, -0.15) is 0 Å². The molecule has 3 unspecified atom stereocenters. The Balaban J connectivity index is 2.47. The second-order valence-corrected chi connectivity index (χ2v) is 6.90. The molecule has 0 saturated carbocycles. The maximum atomic E-state index is 11.2. The number of nitrogens with one attached hydrogen (secondary N) is 1. The van der Waals surface area contributed by atoms with Crippen molar-refractivity contribution in [1.29, 1.82) is 0 Å². The minimum atomic E-state index is -2.88. The van der Waals surface area contributed by atoms with E-state index in [1.807, 2.05) is 6.92 Å². The van der Waals surface area contributed by atoms with Crippen molar-refractivity contribution in [2.24, 2.45) is 0 Å². The molecule has 1 aliphatic heterocycles. The lowest BCUT2D eigenvalue weighted by Gasteiger charge is -2.24. The fourth-order valence-corrected chi connectivity index (χ4v) is 2.83. The average molecular weight is 249 g/mol. The quantitative estimate of drug-likeness (QED) is 0.762. The lowest BCUT2D eigenvalue weighted by molar-refractivity contribution is 0.0317. The van der Waals surface area contributed by atoms with E-state index in [1.165, 1.54) is 6.26 Å². The van der Waals surface area contributed by atoms with Crippen molar-refractivity contribution in [3.8, 4) is 0 Å². The minimum Gasteiger partial charge on any atom is -0.374 e. The molecule has 0 aromatic heterocycles. The summed E-state index contributed by atoms with van der Waals surface area (Å²) in [6.07, 6.45) is 4.52. The van der Waals surface area contributed by atoms with Gasteiger partial charge in [0.2, 0.25) is 0 Å². The van der Waals surface area contributed by atoms with Crippen LogP contribution in [-0.2, 0) is 14.6 Å². The molecule has 1 rings (SSSR count). The number of likely N-dealkylation sites (N-methyl/N-ethyl adjacent to an activating group) is 1. The van der Waals surface area contributed by atoms with Gasteiger partial charge in [0, 0.05) is 12.3 Å². The second-order valence-electron chi connectivity index (χ2n) is 4.65. The van der Waals surface area contributed by atoms with Crippen LogP contribution in [0.15, 0.2) is 0 Å². The predicted molar refractivity (Wildman–Crippen MR) is 65.4 cm³/mol. The van der Waals surface area contributed by atoms with E-state index in [2.05, 4.69) is 12.2 Å². The molecule has 1 heterocycles. The van der Waals surface area contributed by atoms with Crippen molar-refractivity contribution < 1.29 is 13.2 Å². The molecule has 0 bridgehead atoms. The van der Waals surface area contributed by atoms with Crippen molar-refractivity contribution in [2.45, 2.75) is 51.4 Å². The van der Waals surface area contributed by atoms with Crippen molar-refractivity contribution in [1.82, 2.24) is 5.32 Å². The Morgan fingerprint density at radius 3 is 2.56 bits per heavy atom. The monoisotopic (exact) mass is 249 g/mol. The zero-order chi connectivity index (χ0) is 12.2. The third-order valence-corrected chi connectivity index (χ3v) is 3.96. The van der Waals surface area contributed by atoms with E-state index in [9.17, 15) is 8.42 Å². The maximum absolute atomic E-state index is 11.2. The first-order chi connectivity index (χ1) is 7.42. The van der Waals surface area contributed by atoms with Crippen LogP contribution in [0.25, 0.3) is 0 Å². The fraction of sp³-hybridized carbons (Fsp3) is 1.00. The molecule has 3 atom stereocenters. The van der Waals surface area contributed by atoms with E-state index in [0.717, 1.165) is 19.4 Å². The van der Waals surface area contributed by atoms with Crippen LogP contribution < -0.4 is 5.32 Å². The van der Waals surface area contributed by atoms with Gasteiger partial charge in [0.15, 0.2) is 0 Å². The minimum absolute atomic E-state index is 0.171. The Bertz CT molecular complexity index is 302. The molecule has 16 heavy (non-hydrogen) atoms. The third-order valence-electron chi connectivity index (χ3n) is 2.98. The lowest BCUT2D eigenvalue weighted by Crippen LogP contribution is -2.41. The van der Waals surface area contributed by atoms with Gasteiger partial charge in [0.05, 0.1) is 18.0 Å². The molecule has 96 valence electrons. The Labute approximate surface area is 98.7 Å². The Hall–Kier alpha value is -0.130. The first-order valence-electron chi connectivity index (χ1n) is 5.99. The summed E-state index contributed by atoms with van der Waals surface area (Å²) < 4.78 is 28.1. The van der Waals surface area contributed by atoms with Crippen molar-refractivity contribution in [3.05, 3.63) is 0 Å². The van der Waals surface area contributed by atoms with E-state index in [0.29, 0.717) is 12.5 Å². The summed E-state index contributed by atoms with van der Waals surface area (Å²) in [7, 11) is -2.88. The molecule has 4 nitrogen and oxygen atoms in total. The van der Waals surface area contributed by atoms with E-state index in [4.69, 9.17) is 4.74 Å². The molecular weight excluding hydrogens is 226 g/mol. The first kappa shape index (κ1) is 13.9. The lowest BCUT2D eigenvalue weighted by atomic mass is 10.1. The highest BCUT2D eigenvalue weighted by Crippen LogP contribution is 2.23. The zero-order valence-corrected chi connectivity index (χ0v) is 11.2. The summed E-state index contributed by atoms with van der Waals surface area (Å²) in [5, 5.41) is 3.33. The molecule has 1 N–H and O–H groups in total. The normalized spacial score (nSPS) is 28.2. The number of sulfone groups is 1. The van der Waals surface area contributed by atoms with Crippen LogP contribution in [0.1, 0.15) is 33.1 Å². The van der Waals surface area contributed by atoms with E-state index in [-0.39, 0.29) is 17.9 Å². The molecule has 0 aliphatic carbocycles. The van der Waals surface area contributed by atoms with Gasteiger partial charge in [0.25, 0.3) is 0 Å². The van der Waals surface area contributed by atoms with E-state index >= 15 is 0 Å². The Kier molecular flexibility index (Phi) is 5.21. The third kappa shape index (κ3) is 4.80. The molecule has 0 amide bonds. The molecule has 0 aromatic rings. The van der Waals surface area contributed by atoms with Crippen LogP contribution in [0.4, 0.5) is 0 Å². The van der Waals surface area contributed by atoms with Gasteiger partial charge in [-0.15, -0.1) is 0 Å². The van der Waals surface area contributed by atoms with Crippen LogP contribution in [-0.4, -0.2) is 45.2 Å². The summed E-state index contributed by atoms with van der Waals surface area (Å²) >= 11 is 0. The van der Waals surface area contributed by atoms with E-state index in [1.54, 1.807) is 0 Å². The van der Waals surface area contributed by atoms with E-state index < -0.39 is 9.84 Å². The standard InChI is InChI=1S/C11H23NO3S/c1-4-12-10(7-8-16(3,13)14)11-6-5-9(2)15-11/h9-12H,4-8H2,1-3H3. The van der Waals surface area contributed by atoms with Crippen LogP contribution in [0.3, 0.4) is 0 Å². The van der Waals surface area contributed by atoms with Gasteiger partial charge in [-0.1, -0.05) is 6.92 Å². The van der Waals surface area contributed by atoms with Gasteiger partial charge in [-0.05, 0) is 32.7 Å². The highest BCUT2D eigenvalue weighted by atomic mass is 32.2. The average Bonchev–Trinajstić information content (AvgIpc) is 2.57. The zero-order valence-electron chi connectivity index (χ0n) is 10.4. The number of ether oxygens (including phenoxy) is 1. The molecule has 5 heteroatoms. The molecule has 1 aliphatic rings. The van der Waals surface area contributed by atoms with Crippen LogP contribution in [0, 0.1) is 0 Å². The predicted octanol–water partition coefficient (Wildman–Crippen LogP) is 0.967. The maximum Gasteiger partial charge on any atom is 0.147 e. The summed E-state index contributed by atoms with van der Waals surface area (Å²) in [6.45, 7) is 4.95. The molecule has 0 radical (unpaired) electrons. The van der Waals surface area contributed by atoms with Crippen LogP contribution >= 0.6 is 0 Å². The number of hydrogen-bond acceptors (Lipinski definition) is 4. The van der Waals surface area contributed by atoms with Crippen molar-refractivity contribution >= 4 is 9.84 Å². The smallest absolute Gasteiger partial charge is 0.147 e. The largest absolute Gasteiger partial charge is 0.374 e. The second kappa shape index (κ2) is 5.98. The Morgan fingerprint density at radius 2 is 2.12 bits per heavy atom. The topological polar surface area (TPSA) is 55.4 Å². The molecule has 0 spiro atoms. The summed E-state index contributed by atoms with van der Waals surface area (Å²) in [4.78, 5) is 0. The van der Waals surface area contributed by atoms with Gasteiger partial charge in [-0.3, -0.25) is 0 Å². The number of rotatable bonds is 6. The first-order valence-corrected chi connectivity index (χ1v) is 8.05. The van der Waals surface area contributed by atoms with Gasteiger partial charge < -0.3 is 10.1 Å². The summed E-state index contributed by atoms with van der Waals surface area (Å²) in [5.41, 5.74) is 0. The molecular formula is C11H23NO3S. The van der Waals surface area contributed by atoms with Crippen molar-refractivity contribution in [3.63, 3.8) is 0 Å². The fourth-order valence-electron chi connectivity index (χ4n) is 2.15. The molecule has 0 aromatic carbocycles. The highest BCUT2D eigenvalue weighted by Gasteiger charge is 2.29. The SMILES string of the molecule is CCNC(CCS(C)(=O)=O)C1CCC(C)O1. The summed E-state index contributed by atoms with van der Waals surface area (Å²) in [6, 6.07) is 0.171. The molecule has 1 saturated heterocycles. The summed E-state index contributed by atoms with van der Waals surface area (Å²) in [5.74, 6) is 0.235. The van der Waals surface area contributed by atoms with Gasteiger partial charge in [0.1, 0.15) is 9.84 Å².